The number of aryl methyl sites for hydroxylation is 2. The number of anilines is 1. The summed E-state index contributed by atoms with van der Waals surface area (Å²) >= 11 is 0. The van der Waals surface area contributed by atoms with Crippen molar-refractivity contribution in [1.29, 1.82) is 0 Å². The lowest BCUT2D eigenvalue weighted by Crippen LogP contribution is -2.32. The summed E-state index contributed by atoms with van der Waals surface area (Å²) in [6.45, 7) is 14.6. The van der Waals surface area contributed by atoms with Gasteiger partial charge in [-0.1, -0.05) is 6.07 Å². The number of carbonyl (C=O) groups is 1. The number of fused-ring (bicyclic) bond motifs is 3. The molecular formula is C40H49FN4O4. The van der Waals surface area contributed by atoms with Crippen LogP contribution in [0.15, 0.2) is 30.3 Å². The van der Waals surface area contributed by atoms with Gasteiger partial charge in [0.05, 0.1) is 12.2 Å². The molecule has 260 valence electrons. The number of carboxylic acids is 1. The molecule has 0 aliphatic carbocycles. The smallest absolute Gasteiger partial charge is 0.337 e. The molecule has 0 unspecified atom stereocenters. The fourth-order valence-corrected chi connectivity index (χ4v) is 8.09. The Kier molecular flexibility index (Phi) is 8.94. The summed E-state index contributed by atoms with van der Waals surface area (Å²) in [7, 11) is 2.02. The van der Waals surface area contributed by atoms with Gasteiger partial charge in [0.1, 0.15) is 5.65 Å². The number of benzene rings is 2. The molecule has 7 rings (SSSR count). The molecule has 2 aromatic heterocycles. The molecule has 4 aromatic rings. The topological polar surface area (TPSA) is 80.1 Å². The number of aliphatic carboxylic acids is 1. The maximum atomic E-state index is 15.8. The SMILES string of the molecule is Cc1nc2c(cc(CN3CCc4ccc(N5CCCCC5)cc4C3)n2C)c(-c2cc(F)c3c(c2C)CCCO3)c1[C@H](OC(C)(C)C)C(=O)O. The minimum atomic E-state index is -1.29. The second kappa shape index (κ2) is 13.1. The van der Waals surface area contributed by atoms with E-state index in [1.807, 2.05) is 41.7 Å². The molecule has 3 aliphatic heterocycles. The quantitative estimate of drug-likeness (QED) is 0.215. The first-order chi connectivity index (χ1) is 23.4. The Labute approximate surface area is 288 Å². The lowest BCUT2D eigenvalue weighted by molar-refractivity contribution is -0.160. The molecule has 49 heavy (non-hydrogen) atoms. The van der Waals surface area contributed by atoms with Gasteiger partial charge >= 0.3 is 5.97 Å². The van der Waals surface area contributed by atoms with Crippen molar-refractivity contribution < 1.29 is 23.8 Å². The van der Waals surface area contributed by atoms with Crippen LogP contribution in [0, 0.1) is 19.7 Å². The van der Waals surface area contributed by atoms with Gasteiger partial charge in [0.25, 0.3) is 0 Å². The van der Waals surface area contributed by atoms with E-state index in [1.165, 1.54) is 42.1 Å². The molecule has 9 heteroatoms. The Morgan fingerprint density at radius 2 is 1.82 bits per heavy atom. The minimum Gasteiger partial charge on any atom is -0.490 e. The van der Waals surface area contributed by atoms with Gasteiger partial charge in [-0.2, -0.15) is 0 Å². The molecule has 1 atom stereocenters. The fraction of sp³-hybridized carbons (Fsp3) is 0.500. The van der Waals surface area contributed by atoms with E-state index in [1.54, 1.807) is 0 Å². The van der Waals surface area contributed by atoms with Gasteiger partial charge in [0.15, 0.2) is 17.7 Å². The third-order valence-corrected chi connectivity index (χ3v) is 10.6. The maximum absolute atomic E-state index is 15.8. The van der Waals surface area contributed by atoms with Gasteiger partial charge in [0, 0.05) is 78.9 Å². The van der Waals surface area contributed by atoms with Gasteiger partial charge in [-0.15, -0.1) is 0 Å². The van der Waals surface area contributed by atoms with Crippen LogP contribution in [0.3, 0.4) is 0 Å². The van der Waals surface area contributed by atoms with Gasteiger partial charge in [-0.25, -0.2) is 14.2 Å². The summed E-state index contributed by atoms with van der Waals surface area (Å²) in [4.78, 5) is 23.0. The monoisotopic (exact) mass is 668 g/mol. The van der Waals surface area contributed by atoms with Crippen LogP contribution < -0.4 is 9.64 Å². The van der Waals surface area contributed by atoms with Crippen molar-refractivity contribution in [1.82, 2.24) is 14.5 Å². The van der Waals surface area contributed by atoms with Gasteiger partial charge < -0.3 is 24.0 Å². The van der Waals surface area contributed by atoms with E-state index < -0.39 is 23.5 Å². The average Bonchev–Trinajstić information content (AvgIpc) is 3.38. The Hall–Kier alpha value is -3.95. The normalized spacial score (nSPS) is 17.5. The van der Waals surface area contributed by atoms with Crippen LogP contribution in [-0.2, 0) is 42.5 Å². The third-order valence-electron chi connectivity index (χ3n) is 10.6. The van der Waals surface area contributed by atoms with Gasteiger partial charge in [-0.05, 0) is 120 Å². The molecule has 1 saturated heterocycles. The minimum absolute atomic E-state index is 0.305. The lowest BCUT2D eigenvalue weighted by atomic mass is 9.86. The number of piperidine rings is 1. The standard InChI is InChI=1S/C40H49FN4O4/c1-24-30-11-10-18-48-36(30)33(41)21-31(24)35-32-20-29(43(6)38(32)42-25(2)34(35)37(39(46)47)49-40(3,4)5)23-44-17-14-26-12-13-28(19-27(26)22-44)45-15-8-7-9-16-45/h12-13,19-21,37H,7-11,14-18,22-23H2,1-6H3,(H,46,47)/t37-/m0/s1. The first-order valence-corrected chi connectivity index (χ1v) is 17.8. The zero-order chi connectivity index (χ0) is 34.6. The molecule has 0 spiro atoms. The van der Waals surface area contributed by atoms with E-state index in [2.05, 4.69) is 38.6 Å². The highest BCUT2D eigenvalue weighted by atomic mass is 19.1. The molecule has 0 bridgehead atoms. The van der Waals surface area contributed by atoms with E-state index >= 15 is 4.39 Å². The Balaban J connectivity index is 1.33. The second-order valence-corrected chi connectivity index (χ2v) is 15.1. The predicted molar refractivity (Wildman–Crippen MR) is 191 cm³/mol. The lowest BCUT2D eigenvalue weighted by Gasteiger charge is -2.32. The predicted octanol–water partition coefficient (Wildman–Crippen LogP) is 7.81. The van der Waals surface area contributed by atoms with Gasteiger partial charge in [0.2, 0.25) is 0 Å². The summed E-state index contributed by atoms with van der Waals surface area (Å²) in [6.07, 6.45) is 5.02. The van der Waals surface area contributed by atoms with Crippen LogP contribution in [0.1, 0.15) is 91.8 Å². The molecule has 8 nitrogen and oxygen atoms in total. The van der Waals surface area contributed by atoms with E-state index in [4.69, 9.17) is 14.5 Å². The number of ether oxygens (including phenoxy) is 2. The first-order valence-electron chi connectivity index (χ1n) is 17.8. The molecule has 1 N–H and O–H groups in total. The molecule has 0 saturated carbocycles. The highest BCUT2D eigenvalue weighted by Crippen LogP contribution is 2.45. The number of nitrogens with zero attached hydrogens (tertiary/aromatic N) is 4. The van der Waals surface area contributed by atoms with Crippen molar-refractivity contribution in [2.24, 2.45) is 7.05 Å². The Morgan fingerprint density at radius 1 is 1.04 bits per heavy atom. The summed E-state index contributed by atoms with van der Waals surface area (Å²) in [5.74, 6) is -1.23. The van der Waals surface area contributed by atoms with Crippen molar-refractivity contribution in [3.63, 3.8) is 0 Å². The fourth-order valence-electron chi connectivity index (χ4n) is 8.09. The van der Waals surface area contributed by atoms with Crippen molar-refractivity contribution in [3.05, 3.63) is 75.4 Å². The molecular weight excluding hydrogens is 619 g/mol. The van der Waals surface area contributed by atoms with Crippen molar-refractivity contribution >= 4 is 22.7 Å². The number of halogens is 1. The van der Waals surface area contributed by atoms with Crippen LogP contribution in [0.2, 0.25) is 0 Å². The number of pyridine rings is 1. The van der Waals surface area contributed by atoms with Crippen LogP contribution in [0.5, 0.6) is 5.75 Å². The number of carboxylic acid groups (broad SMARTS) is 1. The van der Waals surface area contributed by atoms with Crippen LogP contribution in [0.4, 0.5) is 10.1 Å². The highest BCUT2D eigenvalue weighted by molar-refractivity contribution is 5.99. The van der Waals surface area contributed by atoms with Crippen molar-refractivity contribution in [2.75, 3.05) is 31.1 Å². The number of aromatic nitrogens is 2. The average molecular weight is 669 g/mol. The summed E-state index contributed by atoms with van der Waals surface area (Å²) in [6, 6.07) is 10.6. The van der Waals surface area contributed by atoms with Crippen LogP contribution in [-0.4, -0.2) is 57.4 Å². The zero-order valence-electron chi connectivity index (χ0n) is 29.8. The number of hydrogen-bond donors (Lipinski definition) is 1. The van der Waals surface area contributed by atoms with E-state index in [9.17, 15) is 9.90 Å². The molecule has 3 aliphatic rings. The van der Waals surface area contributed by atoms with Crippen molar-refractivity contribution in [2.45, 2.75) is 97.9 Å². The zero-order valence-corrected chi connectivity index (χ0v) is 29.8. The molecule has 5 heterocycles. The van der Waals surface area contributed by atoms with Crippen LogP contribution >= 0.6 is 0 Å². The summed E-state index contributed by atoms with van der Waals surface area (Å²) in [5, 5.41) is 11.4. The molecule has 2 aromatic carbocycles. The Bertz CT molecular complexity index is 1920. The largest absolute Gasteiger partial charge is 0.490 e. The van der Waals surface area contributed by atoms with E-state index in [0.717, 1.165) is 66.9 Å². The number of hydrogen-bond acceptors (Lipinski definition) is 6. The third kappa shape index (κ3) is 6.43. The van der Waals surface area contributed by atoms with E-state index in [-0.39, 0.29) is 0 Å². The highest BCUT2D eigenvalue weighted by Gasteiger charge is 2.35. The molecule has 0 amide bonds. The summed E-state index contributed by atoms with van der Waals surface area (Å²) < 4.78 is 29.9. The van der Waals surface area contributed by atoms with Crippen molar-refractivity contribution in [3.8, 4) is 16.9 Å². The first kappa shape index (κ1) is 33.5. The molecule has 1 fully saturated rings. The second-order valence-electron chi connectivity index (χ2n) is 15.1. The van der Waals surface area contributed by atoms with Crippen LogP contribution in [0.25, 0.3) is 22.2 Å². The summed E-state index contributed by atoms with van der Waals surface area (Å²) in [5.41, 5.74) is 9.27. The Morgan fingerprint density at radius 3 is 2.55 bits per heavy atom. The van der Waals surface area contributed by atoms with Gasteiger partial charge in [-0.3, -0.25) is 4.90 Å². The maximum Gasteiger partial charge on any atom is 0.337 e. The molecule has 0 radical (unpaired) electrons. The number of rotatable bonds is 7. The van der Waals surface area contributed by atoms with E-state index in [0.29, 0.717) is 47.7 Å².